The maximum absolute atomic E-state index is 12.1. The summed E-state index contributed by atoms with van der Waals surface area (Å²) in [6.07, 6.45) is 0.578. The second-order valence-electron chi connectivity index (χ2n) is 4.57. The molecule has 1 unspecified atom stereocenters. The van der Waals surface area contributed by atoms with Gasteiger partial charge in [-0.15, -0.1) is 43.6 Å². The van der Waals surface area contributed by atoms with E-state index < -0.39 is 12.4 Å². The monoisotopic (exact) mass is 427 g/mol. The van der Waals surface area contributed by atoms with Gasteiger partial charge in [0.15, 0.2) is 5.96 Å². The van der Waals surface area contributed by atoms with Crippen molar-refractivity contribution in [1.29, 1.82) is 0 Å². The van der Waals surface area contributed by atoms with Gasteiger partial charge in [0.25, 0.3) is 0 Å². The number of halogens is 4. The molecule has 1 aromatic carbocycles. The first-order valence-corrected chi connectivity index (χ1v) is 6.13. The number of aliphatic imine (C=N–C) groups is 1. The molecular formula is C14H17F3IN3O. The van der Waals surface area contributed by atoms with E-state index in [1.165, 1.54) is 18.2 Å². The summed E-state index contributed by atoms with van der Waals surface area (Å²) >= 11 is 0. The number of nitrogens with zero attached hydrogens (tertiary/aromatic N) is 1. The zero-order valence-electron chi connectivity index (χ0n) is 12.0. The van der Waals surface area contributed by atoms with E-state index in [0.29, 0.717) is 5.69 Å². The molecule has 0 spiro atoms. The third-order valence-corrected chi connectivity index (χ3v) is 2.42. The van der Waals surface area contributed by atoms with Gasteiger partial charge in [0.2, 0.25) is 0 Å². The van der Waals surface area contributed by atoms with E-state index in [1.54, 1.807) is 0 Å². The molecule has 0 saturated heterocycles. The Labute approximate surface area is 144 Å². The minimum absolute atomic E-state index is 0. The fourth-order valence-electron chi connectivity index (χ4n) is 1.48. The van der Waals surface area contributed by atoms with Crippen LogP contribution in [-0.2, 0) is 0 Å². The van der Waals surface area contributed by atoms with E-state index in [9.17, 15) is 13.2 Å². The molecule has 0 aromatic heterocycles. The van der Waals surface area contributed by atoms with Crippen LogP contribution in [0.25, 0.3) is 0 Å². The first-order chi connectivity index (χ1) is 9.71. The molecule has 22 heavy (non-hydrogen) atoms. The van der Waals surface area contributed by atoms with E-state index in [0.717, 1.165) is 6.07 Å². The molecule has 0 aliphatic carbocycles. The third-order valence-electron chi connectivity index (χ3n) is 2.42. The van der Waals surface area contributed by atoms with Crippen LogP contribution in [0.2, 0.25) is 0 Å². The topological polar surface area (TPSA) is 59.6 Å². The molecule has 1 aromatic rings. The predicted octanol–water partition coefficient (Wildman–Crippen LogP) is 3.59. The van der Waals surface area contributed by atoms with Crippen molar-refractivity contribution < 1.29 is 17.9 Å². The van der Waals surface area contributed by atoms with Crippen LogP contribution in [0.3, 0.4) is 0 Å². The molecule has 0 radical (unpaired) electrons. The quantitative estimate of drug-likeness (QED) is 0.334. The van der Waals surface area contributed by atoms with Gasteiger partial charge in [-0.25, -0.2) is 4.99 Å². The van der Waals surface area contributed by atoms with Crippen LogP contribution in [-0.4, -0.2) is 18.4 Å². The van der Waals surface area contributed by atoms with Crippen LogP contribution in [0, 0.1) is 18.3 Å². The Balaban J connectivity index is 0.00000441. The fraction of sp³-hybridized carbons (Fsp3) is 0.357. The molecule has 0 aliphatic rings. The Kier molecular flexibility index (Phi) is 8.08. The van der Waals surface area contributed by atoms with E-state index in [1.807, 2.05) is 13.8 Å². The van der Waals surface area contributed by atoms with E-state index in [2.05, 4.69) is 21.0 Å². The zero-order chi connectivity index (χ0) is 16.0. The lowest BCUT2D eigenvalue weighted by Crippen LogP contribution is -2.26. The Hall–Kier alpha value is -1.63. The van der Waals surface area contributed by atoms with Gasteiger partial charge >= 0.3 is 6.36 Å². The SMILES string of the molecule is C#CC(N=C(N)Nc1cccc(OC(F)(F)F)c1)C(C)C.I. The van der Waals surface area contributed by atoms with Crippen molar-refractivity contribution in [3.8, 4) is 18.1 Å². The van der Waals surface area contributed by atoms with Crippen molar-refractivity contribution in [3.05, 3.63) is 24.3 Å². The van der Waals surface area contributed by atoms with E-state index >= 15 is 0 Å². The third kappa shape index (κ3) is 7.40. The first-order valence-electron chi connectivity index (χ1n) is 6.13. The van der Waals surface area contributed by atoms with Crippen molar-refractivity contribution >= 4 is 35.6 Å². The molecule has 0 aliphatic heterocycles. The summed E-state index contributed by atoms with van der Waals surface area (Å²) in [6, 6.07) is 4.87. The summed E-state index contributed by atoms with van der Waals surface area (Å²) in [5.41, 5.74) is 5.99. The number of ether oxygens (including phenoxy) is 1. The number of benzene rings is 1. The lowest BCUT2D eigenvalue weighted by atomic mass is 10.1. The smallest absolute Gasteiger partial charge is 0.406 e. The number of guanidine groups is 1. The Morgan fingerprint density at radius 1 is 1.41 bits per heavy atom. The molecule has 8 heteroatoms. The summed E-state index contributed by atoms with van der Waals surface area (Å²) in [5.74, 6) is 2.25. The summed E-state index contributed by atoms with van der Waals surface area (Å²) < 4.78 is 40.2. The van der Waals surface area contributed by atoms with Crippen LogP contribution in [0.15, 0.2) is 29.3 Å². The minimum Gasteiger partial charge on any atom is -0.406 e. The summed E-state index contributed by atoms with van der Waals surface area (Å²) in [6.45, 7) is 3.78. The van der Waals surface area contributed by atoms with Crippen molar-refractivity contribution in [2.75, 3.05) is 5.32 Å². The molecule has 1 atom stereocenters. The van der Waals surface area contributed by atoms with Gasteiger partial charge in [0.1, 0.15) is 11.8 Å². The van der Waals surface area contributed by atoms with Gasteiger partial charge in [-0.3, -0.25) is 0 Å². The molecule has 0 amide bonds. The molecule has 122 valence electrons. The van der Waals surface area contributed by atoms with Gasteiger partial charge in [0.05, 0.1) is 0 Å². The van der Waals surface area contributed by atoms with Crippen molar-refractivity contribution in [3.63, 3.8) is 0 Å². The normalized spacial score (nSPS) is 13.0. The molecule has 0 fully saturated rings. The highest BCUT2D eigenvalue weighted by Crippen LogP contribution is 2.24. The van der Waals surface area contributed by atoms with Crippen molar-refractivity contribution in [2.45, 2.75) is 26.3 Å². The van der Waals surface area contributed by atoms with Crippen molar-refractivity contribution in [1.82, 2.24) is 0 Å². The van der Waals surface area contributed by atoms with Crippen LogP contribution >= 0.6 is 24.0 Å². The number of terminal acetylenes is 1. The summed E-state index contributed by atoms with van der Waals surface area (Å²) in [7, 11) is 0. The minimum atomic E-state index is -4.75. The highest BCUT2D eigenvalue weighted by molar-refractivity contribution is 14.0. The molecule has 0 saturated carbocycles. The Bertz CT molecular complexity index is 553. The van der Waals surface area contributed by atoms with Gasteiger partial charge in [0, 0.05) is 11.8 Å². The average molecular weight is 427 g/mol. The highest BCUT2D eigenvalue weighted by atomic mass is 127. The van der Waals surface area contributed by atoms with Gasteiger partial charge < -0.3 is 15.8 Å². The fourth-order valence-corrected chi connectivity index (χ4v) is 1.48. The second kappa shape index (κ2) is 8.73. The van der Waals surface area contributed by atoms with Crippen molar-refractivity contribution in [2.24, 2.45) is 16.6 Å². The summed E-state index contributed by atoms with van der Waals surface area (Å²) in [4.78, 5) is 4.08. The predicted molar refractivity (Wildman–Crippen MR) is 91.2 cm³/mol. The molecule has 4 nitrogen and oxygen atoms in total. The first kappa shape index (κ1) is 20.4. The Morgan fingerprint density at radius 3 is 2.55 bits per heavy atom. The highest BCUT2D eigenvalue weighted by Gasteiger charge is 2.31. The number of hydrogen-bond donors (Lipinski definition) is 2. The van der Waals surface area contributed by atoms with E-state index in [4.69, 9.17) is 12.2 Å². The van der Waals surface area contributed by atoms with Gasteiger partial charge in [-0.2, -0.15) is 0 Å². The van der Waals surface area contributed by atoms with Crippen LogP contribution in [0.4, 0.5) is 18.9 Å². The van der Waals surface area contributed by atoms with Gasteiger partial charge in [-0.05, 0) is 18.1 Å². The van der Waals surface area contributed by atoms with E-state index in [-0.39, 0.29) is 41.6 Å². The van der Waals surface area contributed by atoms with Crippen LogP contribution < -0.4 is 15.8 Å². The maximum Gasteiger partial charge on any atom is 0.573 e. The number of hydrogen-bond acceptors (Lipinski definition) is 2. The number of nitrogens with two attached hydrogens (primary N) is 1. The lowest BCUT2D eigenvalue weighted by Gasteiger charge is -2.13. The average Bonchev–Trinajstić information content (AvgIpc) is 2.33. The Morgan fingerprint density at radius 2 is 2.05 bits per heavy atom. The lowest BCUT2D eigenvalue weighted by molar-refractivity contribution is -0.274. The van der Waals surface area contributed by atoms with Crippen LogP contribution in [0.5, 0.6) is 5.75 Å². The van der Waals surface area contributed by atoms with Gasteiger partial charge in [-0.1, -0.05) is 25.8 Å². The molecule has 3 N–H and O–H groups in total. The zero-order valence-corrected chi connectivity index (χ0v) is 14.3. The number of anilines is 1. The summed E-state index contributed by atoms with van der Waals surface area (Å²) in [5, 5.41) is 2.67. The number of rotatable bonds is 4. The number of alkyl halides is 3. The molecule has 0 bridgehead atoms. The maximum atomic E-state index is 12.1. The molecule has 1 rings (SSSR count). The second-order valence-corrected chi connectivity index (χ2v) is 4.57. The number of nitrogens with one attached hydrogen (secondary N) is 1. The standard InChI is InChI=1S/C14H16F3N3O.HI/c1-4-12(9(2)3)20-13(18)19-10-6-5-7-11(8-10)21-14(15,16)17;/h1,5-9,12H,2-3H3,(H3,18,19,20);1H. The molecule has 0 heterocycles. The molecular weight excluding hydrogens is 410 g/mol. The van der Waals surface area contributed by atoms with Crippen LogP contribution in [0.1, 0.15) is 13.8 Å². The largest absolute Gasteiger partial charge is 0.573 e.